The van der Waals surface area contributed by atoms with Gasteiger partial charge in [-0.05, 0) is 17.7 Å². The van der Waals surface area contributed by atoms with E-state index in [2.05, 4.69) is 30.7 Å². The first kappa shape index (κ1) is 13.4. The summed E-state index contributed by atoms with van der Waals surface area (Å²) in [6.45, 7) is 0. The average Bonchev–Trinajstić information content (AvgIpc) is 3.19. The van der Waals surface area contributed by atoms with Gasteiger partial charge in [0.05, 0.1) is 6.20 Å². The minimum Gasteiger partial charge on any atom is -0.307 e. The Balaban J connectivity index is 1.59. The molecule has 0 spiro atoms. The molecule has 8 heteroatoms. The minimum absolute atomic E-state index is 0.173. The molecule has 0 saturated heterocycles. The Morgan fingerprint density at radius 1 is 1.14 bits per heavy atom. The molecule has 2 heterocycles. The lowest BCUT2D eigenvalue weighted by Gasteiger charge is -2.04. The van der Waals surface area contributed by atoms with Gasteiger partial charge in [-0.15, -0.1) is 0 Å². The van der Waals surface area contributed by atoms with Gasteiger partial charge in [-0.2, -0.15) is 10.2 Å². The highest BCUT2D eigenvalue weighted by atomic mass is 32.2. The minimum atomic E-state index is -0.173. The van der Waals surface area contributed by atoms with E-state index in [4.69, 9.17) is 0 Å². The average molecular weight is 300 g/mol. The molecule has 0 aliphatic rings. The molecule has 7 nitrogen and oxygen atoms in total. The first-order valence-corrected chi connectivity index (χ1v) is 7.17. The van der Waals surface area contributed by atoms with E-state index < -0.39 is 0 Å². The van der Waals surface area contributed by atoms with Crippen LogP contribution in [0.1, 0.15) is 15.9 Å². The summed E-state index contributed by atoms with van der Waals surface area (Å²) >= 11 is 1.56. The van der Waals surface area contributed by atoms with E-state index in [0.717, 1.165) is 16.5 Å². The van der Waals surface area contributed by atoms with Crippen molar-refractivity contribution in [3.8, 4) is 0 Å². The number of H-pyrrole nitrogens is 2. The van der Waals surface area contributed by atoms with Crippen molar-refractivity contribution in [3.63, 3.8) is 0 Å². The number of hydrogen-bond acceptors (Lipinski definition) is 5. The second kappa shape index (κ2) is 6.23. The topological polar surface area (TPSA) is 99.3 Å². The highest BCUT2D eigenvalue weighted by molar-refractivity contribution is 7.98. The van der Waals surface area contributed by atoms with Gasteiger partial charge < -0.3 is 5.32 Å². The zero-order valence-corrected chi connectivity index (χ0v) is 11.7. The number of thioether (sulfide) groups is 1. The lowest BCUT2D eigenvalue weighted by Crippen LogP contribution is -2.12. The number of carbonyl (C=O) groups excluding carboxylic acids is 1. The normalized spacial score (nSPS) is 10.5. The van der Waals surface area contributed by atoms with Crippen molar-refractivity contribution in [2.75, 3.05) is 5.32 Å². The van der Waals surface area contributed by atoms with E-state index in [-0.39, 0.29) is 5.91 Å². The fourth-order valence-corrected chi connectivity index (χ4v) is 2.42. The maximum absolute atomic E-state index is 12.0. The summed E-state index contributed by atoms with van der Waals surface area (Å²) in [5.74, 6) is 1.16. The van der Waals surface area contributed by atoms with Crippen LogP contribution in [0.4, 0.5) is 5.82 Å². The Hall–Kier alpha value is -2.61. The molecule has 106 valence electrons. The number of aromatic amines is 2. The van der Waals surface area contributed by atoms with Gasteiger partial charge >= 0.3 is 0 Å². The van der Waals surface area contributed by atoms with E-state index in [0.29, 0.717) is 11.4 Å². The molecule has 21 heavy (non-hydrogen) atoms. The van der Waals surface area contributed by atoms with E-state index >= 15 is 0 Å². The van der Waals surface area contributed by atoms with Crippen LogP contribution in [-0.2, 0) is 5.75 Å². The third kappa shape index (κ3) is 3.48. The van der Waals surface area contributed by atoms with Crippen molar-refractivity contribution in [3.05, 3.63) is 54.0 Å². The number of nitrogens with one attached hydrogen (secondary N) is 3. The number of benzene rings is 1. The predicted molar refractivity (Wildman–Crippen MR) is 78.9 cm³/mol. The zero-order valence-electron chi connectivity index (χ0n) is 10.9. The lowest BCUT2D eigenvalue weighted by molar-refractivity contribution is 0.102. The molecular formula is C13H12N6OS. The number of aromatic nitrogens is 5. The molecule has 2 aromatic heterocycles. The van der Waals surface area contributed by atoms with Gasteiger partial charge in [0, 0.05) is 17.4 Å². The first-order chi connectivity index (χ1) is 10.3. The number of amides is 1. The van der Waals surface area contributed by atoms with E-state index in [1.807, 2.05) is 12.1 Å². The Kier molecular flexibility index (Phi) is 3.97. The largest absolute Gasteiger partial charge is 0.307 e. The summed E-state index contributed by atoms with van der Waals surface area (Å²) in [6, 6.07) is 9.13. The van der Waals surface area contributed by atoms with Gasteiger partial charge in [-0.25, -0.2) is 4.98 Å². The molecule has 3 N–H and O–H groups in total. The molecule has 0 unspecified atom stereocenters. The molecule has 0 fully saturated rings. The zero-order chi connectivity index (χ0) is 14.5. The molecule has 1 aromatic carbocycles. The maximum Gasteiger partial charge on any atom is 0.256 e. The predicted octanol–water partition coefficient (Wildman–Crippen LogP) is 2.07. The van der Waals surface area contributed by atoms with Gasteiger partial charge in [0.15, 0.2) is 5.16 Å². The molecule has 0 bridgehead atoms. The van der Waals surface area contributed by atoms with Crippen LogP contribution in [-0.4, -0.2) is 31.3 Å². The summed E-state index contributed by atoms with van der Waals surface area (Å²) in [6.07, 6.45) is 3.06. The van der Waals surface area contributed by atoms with E-state index in [1.54, 1.807) is 36.2 Å². The van der Waals surface area contributed by atoms with Crippen LogP contribution in [0.2, 0.25) is 0 Å². The summed E-state index contributed by atoms with van der Waals surface area (Å²) in [7, 11) is 0. The summed E-state index contributed by atoms with van der Waals surface area (Å²) in [4.78, 5) is 16.0. The number of hydrogen-bond donors (Lipinski definition) is 3. The van der Waals surface area contributed by atoms with Crippen LogP contribution >= 0.6 is 11.8 Å². The highest BCUT2D eigenvalue weighted by Gasteiger charge is 2.07. The Morgan fingerprint density at radius 2 is 2.00 bits per heavy atom. The van der Waals surface area contributed by atoms with E-state index in [9.17, 15) is 4.79 Å². The van der Waals surface area contributed by atoms with Crippen LogP contribution < -0.4 is 5.32 Å². The number of anilines is 1. The molecule has 0 saturated carbocycles. The van der Waals surface area contributed by atoms with Crippen LogP contribution in [0.15, 0.2) is 48.0 Å². The third-order valence-electron chi connectivity index (χ3n) is 2.73. The second-order valence-electron chi connectivity index (χ2n) is 4.20. The van der Waals surface area contributed by atoms with Crippen LogP contribution in [0.25, 0.3) is 0 Å². The van der Waals surface area contributed by atoms with Gasteiger partial charge in [-0.1, -0.05) is 23.9 Å². The van der Waals surface area contributed by atoms with Gasteiger partial charge in [0.1, 0.15) is 12.1 Å². The maximum atomic E-state index is 12.0. The molecule has 3 aromatic rings. The van der Waals surface area contributed by atoms with Crippen molar-refractivity contribution in [1.82, 2.24) is 25.4 Å². The summed E-state index contributed by atoms with van der Waals surface area (Å²) < 4.78 is 0. The van der Waals surface area contributed by atoms with Gasteiger partial charge in [-0.3, -0.25) is 15.0 Å². The molecule has 1 amide bonds. The van der Waals surface area contributed by atoms with Crippen molar-refractivity contribution < 1.29 is 4.79 Å². The standard InChI is InChI=1S/C13H12N6OS/c20-12(17-11-5-6-15-18-11)10-3-1-9(2-4-10)7-21-13-14-8-16-19-13/h1-6,8H,7H2,(H,14,16,19)(H2,15,17,18,20). The molecule has 3 rings (SSSR count). The number of rotatable bonds is 5. The molecular weight excluding hydrogens is 288 g/mol. The first-order valence-electron chi connectivity index (χ1n) is 6.19. The van der Waals surface area contributed by atoms with Gasteiger partial charge in [0.2, 0.25) is 0 Å². The Labute approximate surface area is 124 Å². The third-order valence-corrected chi connectivity index (χ3v) is 3.68. The molecule has 0 atom stereocenters. The number of carbonyl (C=O) groups is 1. The molecule has 0 aliphatic carbocycles. The van der Waals surface area contributed by atoms with Gasteiger partial charge in [0.25, 0.3) is 5.91 Å². The van der Waals surface area contributed by atoms with Crippen molar-refractivity contribution in [2.24, 2.45) is 0 Å². The van der Waals surface area contributed by atoms with Crippen molar-refractivity contribution >= 4 is 23.5 Å². The van der Waals surface area contributed by atoms with Crippen molar-refractivity contribution in [2.45, 2.75) is 10.9 Å². The summed E-state index contributed by atoms with van der Waals surface area (Å²) in [5, 5.41) is 16.5. The van der Waals surface area contributed by atoms with Crippen LogP contribution in [0.5, 0.6) is 0 Å². The smallest absolute Gasteiger partial charge is 0.256 e. The monoisotopic (exact) mass is 300 g/mol. The quantitative estimate of drug-likeness (QED) is 0.626. The lowest BCUT2D eigenvalue weighted by atomic mass is 10.1. The fraction of sp³-hybridized carbons (Fsp3) is 0.0769. The molecule has 0 aliphatic heterocycles. The fourth-order valence-electron chi connectivity index (χ4n) is 1.69. The Morgan fingerprint density at radius 3 is 2.67 bits per heavy atom. The SMILES string of the molecule is O=C(Nc1ccn[nH]1)c1ccc(CSc2ncn[nH]2)cc1. The van der Waals surface area contributed by atoms with E-state index in [1.165, 1.54) is 6.33 Å². The van der Waals surface area contributed by atoms with Crippen LogP contribution in [0, 0.1) is 0 Å². The Bertz CT molecular complexity index is 693. The second-order valence-corrected chi connectivity index (χ2v) is 5.16. The summed E-state index contributed by atoms with van der Waals surface area (Å²) in [5.41, 5.74) is 1.70. The highest BCUT2D eigenvalue weighted by Crippen LogP contribution is 2.18. The van der Waals surface area contributed by atoms with Crippen LogP contribution in [0.3, 0.4) is 0 Å². The van der Waals surface area contributed by atoms with Crippen molar-refractivity contribution in [1.29, 1.82) is 0 Å². The molecule has 0 radical (unpaired) electrons. The number of nitrogens with zero attached hydrogens (tertiary/aromatic N) is 3.